The van der Waals surface area contributed by atoms with Crippen molar-refractivity contribution in [2.24, 2.45) is 11.8 Å². The topological polar surface area (TPSA) is 21.8 Å². The number of hydrogen-bond acceptors (Lipinski definition) is 2. The second-order valence-electron chi connectivity index (χ2n) is 8.11. The van der Waals surface area contributed by atoms with Crippen LogP contribution >= 0.6 is 0 Å². The van der Waals surface area contributed by atoms with E-state index in [0.717, 1.165) is 43.5 Å². The summed E-state index contributed by atoms with van der Waals surface area (Å²) in [6.07, 6.45) is 10.3. The Morgan fingerprint density at radius 3 is 2.12 bits per heavy atom. The van der Waals surface area contributed by atoms with Gasteiger partial charge in [-0.15, -0.1) is 0 Å². The third-order valence-corrected chi connectivity index (χ3v) is 6.49. The lowest BCUT2D eigenvalue weighted by atomic mass is 9.69. The molecule has 1 aromatic rings. The van der Waals surface area contributed by atoms with Crippen molar-refractivity contribution in [1.82, 2.24) is 0 Å². The summed E-state index contributed by atoms with van der Waals surface area (Å²) in [4.78, 5) is 0. The summed E-state index contributed by atoms with van der Waals surface area (Å²) < 4.78 is 37.7. The van der Waals surface area contributed by atoms with Crippen LogP contribution in [0.15, 0.2) is 18.2 Å². The van der Waals surface area contributed by atoms with Gasteiger partial charge in [0.1, 0.15) is 6.10 Å². The van der Waals surface area contributed by atoms with Crippen molar-refractivity contribution in [3.05, 3.63) is 35.4 Å². The Bertz CT molecular complexity index is 571. The Kier molecular flexibility index (Phi) is 5.37. The predicted molar refractivity (Wildman–Crippen MR) is 92.5 cm³/mol. The van der Waals surface area contributed by atoms with Crippen molar-refractivity contribution in [2.75, 3.05) is 13.2 Å². The van der Waals surface area contributed by atoms with E-state index < -0.39 is 11.6 Å². The van der Waals surface area contributed by atoms with Crippen LogP contribution in [-0.4, -0.2) is 25.4 Å². The minimum atomic E-state index is -0.746. The number of ether oxygens (including phenoxy) is 2. The van der Waals surface area contributed by atoms with Crippen molar-refractivity contribution in [3.8, 4) is 0 Å². The van der Waals surface area contributed by atoms with E-state index in [9.17, 15) is 8.78 Å². The molecule has 2 saturated carbocycles. The zero-order chi connectivity index (χ0) is 17.2. The Labute approximate surface area is 148 Å². The van der Waals surface area contributed by atoms with Gasteiger partial charge in [0, 0.05) is 0 Å². The fourth-order valence-corrected chi connectivity index (χ4v) is 4.82. The molecular weight excluding hydrogens is 322 g/mol. The molecule has 3 aliphatic rings. The SMILES string of the molecule is Fc1ccc(C2CCC(C3CCC(OCC4CO4)CC3)CC2)cc1F. The molecule has 4 rings (SSSR count). The van der Waals surface area contributed by atoms with Crippen LogP contribution in [0, 0.1) is 23.5 Å². The van der Waals surface area contributed by atoms with E-state index in [2.05, 4.69) is 0 Å². The Morgan fingerprint density at radius 2 is 1.52 bits per heavy atom. The van der Waals surface area contributed by atoms with E-state index in [0.29, 0.717) is 18.1 Å². The van der Waals surface area contributed by atoms with Gasteiger partial charge in [-0.25, -0.2) is 8.78 Å². The molecule has 3 fully saturated rings. The molecule has 2 aliphatic carbocycles. The van der Waals surface area contributed by atoms with Crippen LogP contribution in [0.5, 0.6) is 0 Å². The molecular formula is C21H28F2O2. The zero-order valence-corrected chi connectivity index (χ0v) is 14.8. The van der Waals surface area contributed by atoms with E-state index >= 15 is 0 Å². The smallest absolute Gasteiger partial charge is 0.159 e. The van der Waals surface area contributed by atoms with Crippen LogP contribution in [0.4, 0.5) is 8.78 Å². The highest BCUT2D eigenvalue weighted by atomic mass is 19.2. The van der Waals surface area contributed by atoms with Crippen molar-refractivity contribution in [3.63, 3.8) is 0 Å². The van der Waals surface area contributed by atoms with Gasteiger partial charge >= 0.3 is 0 Å². The fourth-order valence-electron chi connectivity index (χ4n) is 4.82. The van der Waals surface area contributed by atoms with E-state index in [1.54, 1.807) is 6.07 Å². The zero-order valence-electron chi connectivity index (χ0n) is 14.8. The number of rotatable bonds is 5. The molecule has 25 heavy (non-hydrogen) atoms. The van der Waals surface area contributed by atoms with Crippen LogP contribution in [0.1, 0.15) is 62.8 Å². The van der Waals surface area contributed by atoms with Gasteiger partial charge in [-0.05, 0) is 86.8 Å². The molecule has 138 valence electrons. The summed E-state index contributed by atoms with van der Waals surface area (Å²) in [5.74, 6) is 0.556. The highest BCUT2D eigenvalue weighted by molar-refractivity contribution is 5.22. The molecule has 1 heterocycles. The average Bonchev–Trinajstić information content (AvgIpc) is 3.47. The van der Waals surface area contributed by atoms with E-state index in [-0.39, 0.29) is 0 Å². The quantitative estimate of drug-likeness (QED) is 0.680. The number of benzene rings is 1. The predicted octanol–water partition coefficient (Wildman–Crippen LogP) is 5.21. The summed E-state index contributed by atoms with van der Waals surface area (Å²) in [6.45, 7) is 1.64. The summed E-state index contributed by atoms with van der Waals surface area (Å²) in [5.41, 5.74) is 0.969. The Hall–Kier alpha value is -1.00. The van der Waals surface area contributed by atoms with Crippen LogP contribution in [0.25, 0.3) is 0 Å². The highest BCUT2D eigenvalue weighted by Crippen LogP contribution is 2.43. The Balaban J connectivity index is 1.22. The van der Waals surface area contributed by atoms with Crippen molar-refractivity contribution in [1.29, 1.82) is 0 Å². The van der Waals surface area contributed by atoms with Gasteiger partial charge in [0.15, 0.2) is 11.6 Å². The monoisotopic (exact) mass is 350 g/mol. The first-order valence-corrected chi connectivity index (χ1v) is 9.87. The first kappa shape index (κ1) is 17.4. The maximum absolute atomic E-state index is 13.5. The van der Waals surface area contributed by atoms with Gasteiger partial charge in [0.05, 0.1) is 19.3 Å². The van der Waals surface area contributed by atoms with Crippen molar-refractivity contribution < 1.29 is 18.3 Å². The molecule has 0 amide bonds. The fraction of sp³-hybridized carbons (Fsp3) is 0.714. The molecule has 0 spiro atoms. The molecule has 0 radical (unpaired) electrons. The third kappa shape index (κ3) is 4.40. The van der Waals surface area contributed by atoms with Gasteiger partial charge in [-0.1, -0.05) is 6.07 Å². The minimum absolute atomic E-state index is 0.365. The maximum atomic E-state index is 13.5. The van der Waals surface area contributed by atoms with Crippen molar-refractivity contribution >= 4 is 0 Å². The van der Waals surface area contributed by atoms with Crippen LogP contribution < -0.4 is 0 Å². The maximum Gasteiger partial charge on any atom is 0.159 e. The van der Waals surface area contributed by atoms with Gasteiger partial charge in [0.25, 0.3) is 0 Å². The molecule has 1 saturated heterocycles. The van der Waals surface area contributed by atoms with Gasteiger partial charge in [-0.2, -0.15) is 0 Å². The van der Waals surface area contributed by atoms with Crippen LogP contribution in [0.3, 0.4) is 0 Å². The number of hydrogen-bond donors (Lipinski definition) is 0. The van der Waals surface area contributed by atoms with E-state index in [1.165, 1.54) is 50.7 Å². The summed E-state index contributed by atoms with van der Waals surface area (Å²) in [6, 6.07) is 4.42. The van der Waals surface area contributed by atoms with Crippen LogP contribution in [-0.2, 0) is 9.47 Å². The summed E-state index contributed by atoms with van der Waals surface area (Å²) in [5, 5.41) is 0. The lowest BCUT2D eigenvalue weighted by Gasteiger charge is -2.38. The number of epoxide rings is 1. The molecule has 0 N–H and O–H groups in total. The Morgan fingerprint density at radius 1 is 0.880 bits per heavy atom. The summed E-state index contributed by atoms with van der Waals surface area (Å²) in [7, 11) is 0. The molecule has 2 nitrogen and oxygen atoms in total. The van der Waals surface area contributed by atoms with Gasteiger partial charge < -0.3 is 9.47 Å². The number of halogens is 2. The first-order valence-electron chi connectivity index (χ1n) is 9.87. The molecule has 1 unspecified atom stereocenters. The van der Waals surface area contributed by atoms with Crippen LogP contribution in [0.2, 0.25) is 0 Å². The van der Waals surface area contributed by atoms with E-state index in [1.807, 2.05) is 0 Å². The van der Waals surface area contributed by atoms with E-state index in [4.69, 9.17) is 9.47 Å². The average molecular weight is 350 g/mol. The normalized spacial score (nSPS) is 35.5. The lowest BCUT2D eigenvalue weighted by molar-refractivity contribution is 0.00133. The molecule has 1 aliphatic heterocycles. The largest absolute Gasteiger partial charge is 0.375 e. The highest BCUT2D eigenvalue weighted by Gasteiger charge is 2.32. The summed E-state index contributed by atoms with van der Waals surface area (Å²) >= 11 is 0. The van der Waals surface area contributed by atoms with Gasteiger partial charge in [0.2, 0.25) is 0 Å². The van der Waals surface area contributed by atoms with Crippen molar-refractivity contribution in [2.45, 2.75) is 69.5 Å². The minimum Gasteiger partial charge on any atom is -0.375 e. The molecule has 1 atom stereocenters. The second kappa shape index (κ2) is 7.71. The standard InChI is InChI=1S/C21H28F2O2/c22-20-10-7-17(11-21(20)23)16-3-1-14(2-4-16)15-5-8-18(9-6-15)24-12-19-13-25-19/h7,10-11,14-16,18-19H,1-6,8-9,12-13H2. The third-order valence-electron chi connectivity index (χ3n) is 6.49. The first-order chi connectivity index (χ1) is 12.2. The molecule has 0 bridgehead atoms. The lowest BCUT2D eigenvalue weighted by Crippen LogP contribution is -2.29. The van der Waals surface area contributed by atoms with Gasteiger partial charge in [-0.3, -0.25) is 0 Å². The second-order valence-corrected chi connectivity index (χ2v) is 8.11. The molecule has 1 aromatic carbocycles. The molecule has 4 heteroatoms. The molecule has 0 aromatic heterocycles.